The van der Waals surface area contributed by atoms with E-state index in [1.807, 2.05) is 24.3 Å². The van der Waals surface area contributed by atoms with Gasteiger partial charge in [0.2, 0.25) is 0 Å². The second kappa shape index (κ2) is 8.25. The fraction of sp³-hybridized carbons (Fsp3) is 0.625. The van der Waals surface area contributed by atoms with Crippen molar-refractivity contribution < 1.29 is 9.84 Å². The summed E-state index contributed by atoms with van der Waals surface area (Å²) in [6.07, 6.45) is 3.28. The number of ether oxygens (including phenoxy) is 1. The highest BCUT2D eigenvalue weighted by Crippen LogP contribution is 2.17. The van der Waals surface area contributed by atoms with Crippen molar-refractivity contribution in [3.63, 3.8) is 0 Å². The molecule has 1 aliphatic rings. The van der Waals surface area contributed by atoms with Crippen LogP contribution in [0.3, 0.4) is 0 Å². The van der Waals surface area contributed by atoms with E-state index < -0.39 is 0 Å². The van der Waals surface area contributed by atoms with Crippen LogP contribution < -0.4 is 10.5 Å². The Morgan fingerprint density at radius 3 is 2.80 bits per heavy atom. The molecule has 1 aromatic carbocycles. The summed E-state index contributed by atoms with van der Waals surface area (Å²) in [5, 5.41) is 9.11. The van der Waals surface area contributed by atoms with E-state index in [0.717, 1.165) is 56.8 Å². The maximum absolute atomic E-state index is 9.11. The van der Waals surface area contributed by atoms with E-state index >= 15 is 0 Å². The van der Waals surface area contributed by atoms with Gasteiger partial charge in [-0.2, -0.15) is 0 Å². The lowest BCUT2D eigenvalue weighted by Gasteiger charge is -2.30. The number of benzene rings is 1. The third-order valence-electron chi connectivity index (χ3n) is 3.99. The van der Waals surface area contributed by atoms with Gasteiger partial charge in [0.15, 0.2) is 0 Å². The molecular weight excluding hydrogens is 252 g/mol. The molecule has 0 radical (unpaired) electrons. The van der Waals surface area contributed by atoms with Crippen LogP contribution in [0.15, 0.2) is 24.3 Å². The summed E-state index contributed by atoms with van der Waals surface area (Å²) in [4.78, 5) is 2.46. The molecule has 0 amide bonds. The molecule has 1 fully saturated rings. The van der Waals surface area contributed by atoms with Crippen LogP contribution >= 0.6 is 0 Å². The number of aliphatic hydroxyl groups excluding tert-OH is 1. The smallest absolute Gasteiger partial charge is 0.119 e. The van der Waals surface area contributed by atoms with Gasteiger partial charge in [-0.3, -0.25) is 0 Å². The fourth-order valence-corrected chi connectivity index (χ4v) is 2.63. The highest BCUT2D eigenvalue weighted by atomic mass is 16.5. The predicted octanol–water partition coefficient (Wildman–Crippen LogP) is 1.62. The number of hydrogen-bond donors (Lipinski definition) is 2. The zero-order valence-electron chi connectivity index (χ0n) is 12.1. The van der Waals surface area contributed by atoms with Gasteiger partial charge in [-0.05, 0) is 56.0 Å². The molecule has 0 bridgehead atoms. The molecule has 0 spiro atoms. The highest BCUT2D eigenvalue weighted by molar-refractivity contribution is 5.28. The summed E-state index contributed by atoms with van der Waals surface area (Å²) in [6.45, 7) is 4.93. The largest absolute Gasteiger partial charge is 0.494 e. The van der Waals surface area contributed by atoms with Crippen molar-refractivity contribution in [1.82, 2.24) is 4.90 Å². The van der Waals surface area contributed by atoms with Gasteiger partial charge in [-0.1, -0.05) is 12.1 Å². The topological polar surface area (TPSA) is 58.7 Å². The summed E-state index contributed by atoms with van der Waals surface area (Å²) < 4.78 is 5.76. The lowest BCUT2D eigenvalue weighted by atomic mass is 9.98. The normalized spacial score (nSPS) is 17.3. The number of piperidine rings is 1. The molecule has 112 valence electrons. The molecule has 20 heavy (non-hydrogen) atoms. The van der Waals surface area contributed by atoms with Crippen molar-refractivity contribution in [3.8, 4) is 5.75 Å². The van der Waals surface area contributed by atoms with Gasteiger partial charge >= 0.3 is 0 Å². The highest BCUT2D eigenvalue weighted by Gasteiger charge is 2.17. The van der Waals surface area contributed by atoms with Crippen LogP contribution in [0, 0.1) is 5.92 Å². The Kier molecular flexibility index (Phi) is 6.30. The molecule has 1 heterocycles. The molecular formula is C16H26N2O2. The van der Waals surface area contributed by atoms with Crippen molar-refractivity contribution in [3.05, 3.63) is 29.8 Å². The van der Waals surface area contributed by atoms with Crippen molar-refractivity contribution >= 4 is 0 Å². The van der Waals surface area contributed by atoms with E-state index in [-0.39, 0.29) is 0 Å². The molecule has 1 aliphatic heterocycles. The first-order chi connectivity index (χ1) is 9.81. The minimum Gasteiger partial charge on any atom is -0.494 e. The SMILES string of the molecule is NCc1cccc(OCCCN2CCC(CO)CC2)c1. The number of nitrogens with two attached hydrogens (primary N) is 1. The Morgan fingerprint density at radius 1 is 1.30 bits per heavy atom. The van der Waals surface area contributed by atoms with Gasteiger partial charge in [0, 0.05) is 19.7 Å². The maximum Gasteiger partial charge on any atom is 0.119 e. The molecule has 1 aromatic rings. The first-order valence-corrected chi connectivity index (χ1v) is 7.57. The van der Waals surface area contributed by atoms with Crippen LogP contribution in [0.1, 0.15) is 24.8 Å². The van der Waals surface area contributed by atoms with E-state index in [1.54, 1.807) is 0 Å². The maximum atomic E-state index is 9.11. The zero-order valence-corrected chi connectivity index (χ0v) is 12.1. The van der Waals surface area contributed by atoms with Gasteiger partial charge in [-0.15, -0.1) is 0 Å². The first kappa shape index (κ1) is 15.3. The lowest BCUT2D eigenvalue weighted by molar-refractivity contribution is 0.126. The van der Waals surface area contributed by atoms with E-state index in [9.17, 15) is 0 Å². The number of hydrogen-bond acceptors (Lipinski definition) is 4. The van der Waals surface area contributed by atoms with Gasteiger partial charge in [-0.25, -0.2) is 0 Å². The Bertz CT molecular complexity index is 390. The molecule has 1 saturated heterocycles. The lowest BCUT2D eigenvalue weighted by Crippen LogP contribution is -2.35. The third-order valence-corrected chi connectivity index (χ3v) is 3.99. The second-order valence-electron chi connectivity index (χ2n) is 5.52. The summed E-state index contributed by atoms with van der Waals surface area (Å²) in [5.74, 6) is 1.42. The molecule has 2 rings (SSSR count). The molecule has 0 aliphatic carbocycles. The van der Waals surface area contributed by atoms with Gasteiger partial charge in [0.1, 0.15) is 5.75 Å². The second-order valence-corrected chi connectivity index (χ2v) is 5.52. The van der Waals surface area contributed by atoms with Crippen molar-refractivity contribution in [2.75, 3.05) is 32.8 Å². The molecule has 0 aromatic heterocycles. The molecule has 0 unspecified atom stereocenters. The average Bonchev–Trinajstić information content (AvgIpc) is 2.52. The number of likely N-dealkylation sites (tertiary alicyclic amines) is 1. The summed E-state index contributed by atoms with van der Waals surface area (Å²) in [5.41, 5.74) is 6.72. The summed E-state index contributed by atoms with van der Waals surface area (Å²) in [6, 6.07) is 7.98. The quantitative estimate of drug-likeness (QED) is 0.744. The Morgan fingerprint density at radius 2 is 2.10 bits per heavy atom. The number of aliphatic hydroxyl groups is 1. The van der Waals surface area contributed by atoms with E-state index in [0.29, 0.717) is 19.1 Å². The Hall–Kier alpha value is -1.10. The predicted molar refractivity (Wildman–Crippen MR) is 80.7 cm³/mol. The molecule has 4 nitrogen and oxygen atoms in total. The fourth-order valence-electron chi connectivity index (χ4n) is 2.63. The number of nitrogens with zero attached hydrogens (tertiary/aromatic N) is 1. The van der Waals surface area contributed by atoms with Crippen molar-refractivity contribution in [2.45, 2.75) is 25.8 Å². The van der Waals surface area contributed by atoms with E-state index in [1.165, 1.54) is 0 Å². The molecule has 4 heteroatoms. The molecule has 0 saturated carbocycles. The van der Waals surface area contributed by atoms with Crippen LogP contribution in [-0.4, -0.2) is 42.9 Å². The van der Waals surface area contributed by atoms with Crippen LogP contribution in [0.25, 0.3) is 0 Å². The van der Waals surface area contributed by atoms with Crippen LogP contribution in [0.5, 0.6) is 5.75 Å². The van der Waals surface area contributed by atoms with Crippen LogP contribution in [0.4, 0.5) is 0 Å². The molecule has 3 N–H and O–H groups in total. The van der Waals surface area contributed by atoms with Gasteiger partial charge < -0.3 is 20.5 Å². The van der Waals surface area contributed by atoms with Gasteiger partial charge in [0.05, 0.1) is 6.61 Å². The van der Waals surface area contributed by atoms with Crippen LogP contribution in [-0.2, 0) is 6.54 Å². The molecule has 0 atom stereocenters. The zero-order chi connectivity index (χ0) is 14.2. The summed E-state index contributed by atoms with van der Waals surface area (Å²) >= 11 is 0. The van der Waals surface area contributed by atoms with Gasteiger partial charge in [0.25, 0.3) is 0 Å². The van der Waals surface area contributed by atoms with Crippen LogP contribution in [0.2, 0.25) is 0 Å². The third kappa shape index (κ3) is 4.78. The van der Waals surface area contributed by atoms with Crippen molar-refractivity contribution in [1.29, 1.82) is 0 Å². The standard InChI is InChI=1S/C16H26N2O2/c17-12-15-3-1-4-16(11-15)20-10-2-7-18-8-5-14(13-19)6-9-18/h1,3-4,11,14,19H,2,5-10,12-13,17H2. The summed E-state index contributed by atoms with van der Waals surface area (Å²) in [7, 11) is 0. The minimum atomic E-state index is 0.342. The Labute approximate surface area is 121 Å². The van der Waals surface area contributed by atoms with E-state index in [4.69, 9.17) is 15.6 Å². The average molecular weight is 278 g/mol. The Balaban J connectivity index is 1.62. The van der Waals surface area contributed by atoms with E-state index in [2.05, 4.69) is 4.90 Å². The minimum absolute atomic E-state index is 0.342. The monoisotopic (exact) mass is 278 g/mol. The first-order valence-electron chi connectivity index (χ1n) is 7.57. The number of rotatable bonds is 7. The van der Waals surface area contributed by atoms with Crippen molar-refractivity contribution in [2.24, 2.45) is 11.7 Å².